The van der Waals surface area contributed by atoms with Crippen LogP contribution in [0.5, 0.6) is 0 Å². The molecule has 5 N–H and O–H groups in total. The Morgan fingerprint density at radius 1 is 1.39 bits per heavy atom. The van der Waals surface area contributed by atoms with Crippen molar-refractivity contribution in [1.29, 1.82) is 0 Å². The number of carboxylic acid groups (broad SMARTS) is 1. The normalized spacial score (nSPS) is 10.5. The maximum atomic E-state index is 14.7. The molecule has 11 heteroatoms. The number of carbonyl (C=O) groups is 1. The van der Waals surface area contributed by atoms with Gasteiger partial charge in [-0.2, -0.15) is 0 Å². The number of nitrogens with one attached hydrogen (secondary N) is 1. The van der Waals surface area contributed by atoms with Crippen molar-refractivity contribution in [2.24, 2.45) is 12.9 Å². The third kappa shape index (κ3) is 4.81. The van der Waals surface area contributed by atoms with Crippen LogP contribution in [0.1, 0.15) is 10.4 Å². The van der Waals surface area contributed by atoms with Gasteiger partial charge in [-0.25, -0.2) is 24.5 Å². The van der Waals surface area contributed by atoms with Crippen molar-refractivity contribution in [3.8, 4) is 0 Å². The van der Waals surface area contributed by atoms with E-state index < -0.39 is 17.6 Å². The Balaban J connectivity index is 0.000000500. The molecule has 0 spiro atoms. The number of aryl methyl sites for hydroxylation is 1. The Kier molecular flexibility index (Phi) is 7.40. The number of aromatic nitrogens is 2. The van der Waals surface area contributed by atoms with Gasteiger partial charge in [0.1, 0.15) is 11.3 Å². The fraction of sp³-hybridized carbons (Fsp3) is 0.176. The first-order chi connectivity index (χ1) is 13.3. The standard InChI is InChI=1S/C15H10BrF2N3O2.C2H7NO2/c1-21-6-19-14-11(21)5-8(15(22)23)13(12(14)18)20-10-3-2-7(16)4-9(10)17;3-5-2-1-4/h2-6,20H,1H3,(H,22,23);4H,1-3H2. The van der Waals surface area contributed by atoms with Crippen LogP contribution >= 0.6 is 15.9 Å². The zero-order valence-electron chi connectivity index (χ0n) is 14.6. The van der Waals surface area contributed by atoms with Crippen LogP contribution in [0.3, 0.4) is 0 Å². The van der Waals surface area contributed by atoms with Crippen molar-refractivity contribution in [2.45, 2.75) is 0 Å². The first kappa shape index (κ1) is 21.7. The average molecular weight is 459 g/mol. The van der Waals surface area contributed by atoms with Crippen LogP contribution in [0.2, 0.25) is 0 Å². The molecule has 0 unspecified atom stereocenters. The molecular weight excluding hydrogens is 442 g/mol. The summed E-state index contributed by atoms with van der Waals surface area (Å²) >= 11 is 3.12. The molecule has 0 amide bonds. The number of hydrogen-bond donors (Lipinski definition) is 4. The summed E-state index contributed by atoms with van der Waals surface area (Å²) in [5, 5.41) is 19.7. The number of halogens is 3. The van der Waals surface area contributed by atoms with Gasteiger partial charge in [0.2, 0.25) is 0 Å². The van der Waals surface area contributed by atoms with Crippen LogP contribution < -0.4 is 11.2 Å². The first-order valence-corrected chi connectivity index (χ1v) is 8.60. The van der Waals surface area contributed by atoms with E-state index in [0.29, 0.717) is 9.99 Å². The molecule has 0 atom stereocenters. The van der Waals surface area contributed by atoms with Gasteiger partial charge in [0.15, 0.2) is 5.82 Å². The Morgan fingerprint density at radius 3 is 2.64 bits per heavy atom. The molecular formula is C17H17BrF2N4O4. The van der Waals surface area contributed by atoms with E-state index in [2.05, 4.69) is 37.0 Å². The van der Waals surface area contributed by atoms with Gasteiger partial charge in [0.05, 0.1) is 42.0 Å². The number of fused-ring (bicyclic) bond motifs is 1. The molecule has 0 aliphatic heterocycles. The Bertz CT molecular complexity index is 995. The second kappa shape index (κ2) is 9.55. The van der Waals surface area contributed by atoms with Gasteiger partial charge in [0, 0.05) is 11.5 Å². The number of anilines is 2. The van der Waals surface area contributed by atoms with Crippen LogP contribution in [0.25, 0.3) is 11.0 Å². The van der Waals surface area contributed by atoms with Crippen LogP contribution in [0.15, 0.2) is 35.1 Å². The number of aliphatic hydroxyl groups is 1. The van der Waals surface area contributed by atoms with Crippen molar-refractivity contribution in [1.82, 2.24) is 9.55 Å². The summed E-state index contributed by atoms with van der Waals surface area (Å²) in [5.74, 6) is 1.67. The van der Waals surface area contributed by atoms with E-state index in [1.807, 2.05) is 0 Å². The van der Waals surface area contributed by atoms with Gasteiger partial charge in [0.25, 0.3) is 0 Å². The Labute approximate surface area is 166 Å². The second-order valence-electron chi connectivity index (χ2n) is 5.49. The predicted octanol–water partition coefficient (Wildman–Crippen LogP) is 2.92. The van der Waals surface area contributed by atoms with Gasteiger partial charge in [-0.05, 0) is 24.3 Å². The van der Waals surface area contributed by atoms with E-state index in [0.717, 1.165) is 0 Å². The van der Waals surface area contributed by atoms with Crippen LogP contribution in [-0.4, -0.2) is 38.9 Å². The lowest BCUT2D eigenvalue weighted by Gasteiger charge is -2.12. The smallest absolute Gasteiger partial charge is 0.338 e. The minimum absolute atomic E-state index is 0.00347. The molecule has 150 valence electrons. The molecule has 0 aliphatic rings. The molecule has 0 fully saturated rings. The van der Waals surface area contributed by atoms with E-state index in [9.17, 15) is 18.7 Å². The molecule has 8 nitrogen and oxygen atoms in total. The van der Waals surface area contributed by atoms with Gasteiger partial charge in [-0.3, -0.25) is 0 Å². The number of nitrogens with zero attached hydrogens (tertiary/aromatic N) is 2. The molecule has 0 radical (unpaired) electrons. The number of benzene rings is 2. The predicted molar refractivity (Wildman–Crippen MR) is 102 cm³/mol. The number of rotatable bonds is 5. The molecule has 0 bridgehead atoms. The highest BCUT2D eigenvalue weighted by molar-refractivity contribution is 9.10. The Hall–Kier alpha value is -2.60. The molecule has 3 aromatic rings. The minimum Gasteiger partial charge on any atom is -0.478 e. The number of aliphatic hydroxyl groups excluding tert-OH is 1. The van der Waals surface area contributed by atoms with E-state index in [4.69, 9.17) is 5.11 Å². The molecule has 0 saturated carbocycles. The number of hydrogen-bond acceptors (Lipinski definition) is 6. The molecule has 0 aliphatic carbocycles. The monoisotopic (exact) mass is 458 g/mol. The van der Waals surface area contributed by atoms with Crippen molar-refractivity contribution in [3.05, 3.63) is 52.3 Å². The summed E-state index contributed by atoms with van der Waals surface area (Å²) in [5.41, 5.74) is -0.324. The zero-order chi connectivity index (χ0) is 20.8. The quantitative estimate of drug-likeness (QED) is 0.433. The fourth-order valence-corrected chi connectivity index (χ4v) is 2.63. The van der Waals surface area contributed by atoms with E-state index in [1.54, 1.807) is 13.1 Å². The van der Waals surface area contributed by atoms with Crippen LogP contribution in [0, 0.1) is 11.6 Å². The van der Waals surface area contributed by atoms with Crippen molar-refractivity contribution in [3.63, 3.8) is 0 Å². The summed E-state index contributed by atoms with van der Waals surface area (Å²) in [6.45, 7) is 0.219. The number of nitrogens with two attached hydrogens (primary N) is 1. The number of aromatic carboxylic acids is 1. The van der Waals surface area contributed by atoms with Gasteiger partial charge in [-0.1, -0.05) is 15.9 Å². The molecule has 2 aromatic carbocycles. The zero-order valence-corrected chi connectivity index (χ0v) is 16.2. The molecule has 3 rings (SSSR count). The summed E-state index contributed by atoms with van der Waals surface area (Å²) in [7, 11) is 1.63. The van der Waals surface area contributed by atoms with Crippen molar-refractivity contribution < 1.29 is 28.6 Å². The third-order valence-corrected chi connectivity index (χ3v) is 4.08. The SMILES string of the molecule is Cn1cnc2c(F)c(Nc3ccc(Br)cc3F)c(C(=O)O)cc21.NOCCO. The largest absolute Gasteiger partial charge is 0.478 e. The second-order valence-corrected chi connectivity index (χ2v) is 6.40. The highest BCUT2D eigenvalue weighted by atomic mass is 79.9. The van der Waals surface area contributed by atoms with Crippen molar-refractivity contribution >= 4 is 44.3 Å². The maximum Gasteiger partial charge on any atom is 0.338 e. The lowest BCUT2D eigenvalue weighted by molar-refractivity contribution is 0.0697. The topological polar surface area (TPSA) is 123 Å². The number of carboxylic acids is 1. The van der Waals surface area contributed by atoms with E-state index in [1.165, 1.54) is 29.1 Å². The molecule has 1 heterocycles. The van der Waals surface area contributed by atoms with Gasteiger partial charge >= 0.3 is 5.97 Å². The highest BCUT2D eigenvalue weighted by Gasteiger charge is 2.21. The summed E-state index contributed by atoms with van der Waals surface area (Å²) in [6, 6.07) is 5.43. The van der Waals surface area contributed by atoms with E-state index >= 15 is 0 Å². The maximum absolute atomic E-state index is 14.7. The van der Waals surface area contributed by atoms with E-state index in [-0.39, 0.29) is 35.7 Å². The first-order valence-electron chi connectivity index (χ1n) is 7.81. The summed E-state index contributed by atoms with van der Waals surface area (Å²) in [6.07, 6.45) is 1.38. The molecule has 28 heavy (non-hydrogen) atoms. The lowest BCUT2D eigenvalue weighted by Crippen LogP contribution is -2.07. The summed E-state index contributed by atoms with van der Waals surface area (Å²) < 4.78 is 30.6. The molecule has 0 saturated heterocycles. The fourth-order valence-electron chi connectivity index (χ4n) is 2.29. The third-order valence-electron chi connectivity index (χ3n) is 3.59. The Morgan fingerprint density at radius 2 is 2.11 bits per heavy atom. The van der Waals surface area contributed by atoms with Crippen LogP contribution in [-0.2, 0) is 11.9 Å². The van der Waals surface area contributed by atoms with Crippen LogP contribution in [0.4, 0.5) is 20.2 Å². The van der Waals surface area contributed by atoms with Gasteiger partial charge in [-0.15, -0.1) is 0 Å². The average Bonchev–Trinajstić information content (AvgIpc) is 3.01. The molecule has 1 aromatic heterocycles. The van der Waals surface area contributed by atoms with Crippen molar-refractivity contribution in [2.75, 3.05) is 18.5 Å². The highest BCUT2D eigenvalue weighted by Crippen LogP contribution is 2.32. The number of imidazole rings is 1. The van der Waals surface area contributed by atoms with Gasteiger partial charge < -0.3 is 24.9 Å². The lowest BCUT2D eigenvalue weighted by atomic mass is 10.1. The summed E-state index contributed by atoms with van der Waals surface area (Å²) in [4.78, 5) is 19.3. The minimum atomic E-state index is -1.33.